The first-order valence-electron chi connectivity index (χ1n) is 9.49. The molecule has 1 aliphatic heterocycles. The third kappa shape index (κ3) is 5.25. The van der Waals surface area contributed by atoms with Crippen LogP contribution in [0.25, 0.3) is 0 Å². The van der Waals surface area contributed by atoms with Crippen LogP contribution in [0.4, 0.5) is 0 Å². The molecule has 1 aliphatic rings. The molecule has 3 unspecified atom stereocenters. The molecule has 0 saturated carbocycles. The fourth-order valence-corrected chi connectivity index (χ4v) is 5.22. The SMILES string of the molecule is CC1CN(S(=O)(=O)c2ccc(C(=O)NC(C)c3ccc(Br)cc3)cc2)CC(C)O1. The molecule has 29 heavy (non-hydrogen) atoms. The standard InChI is InChI=1S/C21H25BrN2O4S/c1-14-12-24(13-15(2)28-14)29(26,27)20-10-6-18(7-11-20)21(25)23-16(3)17-4-8-19(22)9-5-17/h4-11,14-16H,12-13H2,1-3H3,(H,23,25). The normalized spacial score (nSPS) is 21.5. The van der Waals surface area contributed by atoms with Crippen molar-refractivity contribution in [3.8, 4) is 0 Å². The summed E-state index contributed by atoms with van der Waals surface area (Å²) in [5.41, 5.74) is 1.40. The molecule has 0 aliphatic carbocycles. The van der Waals surface area contributed by atoms with E-state index in [-0.39, 0.29) is 29.1 Å². The average molecular weight is 481 g/mol. The van der Waals surface area contributed by atoms with Crippen molar-refractivity contribution in [1.29, 1.82) is 0 Å². The van der Waals surface area contributed by atoms with Gasteiger partial charge >= 0.3 is 0 Å². The van der Waals surface area contributed by atoms with Crippen LogP contribution in [0.5, 0.6) is 0 Å². The summed E-state index contributed by atoms with van der Waals surface area (Å²) in [5.74, 6) is -0.252. The quantitative estimate of drug-likeness (QED) is 0.706. The average Bonchev–Trinajstić information content (AvgIpc) is 2.67. The Kier molecular flexibility index (Phi) is 6.78. The summed E-state index contributed by atoms with van der Waals surface area (Å²) in [7, 11) is -3.62. The number of hydrogen-bond acceptors (Lipinski definition) is 4. The minimum atomic E-state index is -3.62. The fraction of sp³-hybridized carbons (Fsp3) is 0.381. The van der Waals surface area contributed by atoms with Gasteiger partial charge in [0, 0.05) is 23.1 Å². The van der Waals surface area contributed by atoms with E-state index in [0.717, 1.165) is 10.0 Å². The van der Waals surface area contributed by atoms with Crippen molar-refractivity contribution in [2.75, 3.05) is 13.1 Å². The Bertz CT molecular complexity index is 951. The van der Waals surface area contributed by atoms with E-state index in [1.807, 2.05) is 45.0 Å². The lowest BCUT2D eigenvalue weighted by Gasteiger charge is -2.34. The molecule has 0 aromatic heterocycles. The minimum absolute atomic E-state index is 0.154. The Hall–Kier alpha value is -1.74. The third-order valence-corrected chi connectivity index (χ3v) is 7.23. The summed E-state index contributed by atoms with van der Waals surface area (Å²) in [6, 6.07) is 13.6. The van der Waals surface area contributed by atoms with Gasteiger partial charge in [-0.05, 0) is 62.7 Å². The number of carbonyl (C=O) groups is 1. The van der Waals surface area contributed by atoms with Gasteiger partial charge in [0.15, 0.2) is 0 Å². The Labute approximate surface area is 180 Å². The maximum Gasteiger partial charge on any atom is 0.251 e. The molecule has 1 N–H and O–H groups in total. The van der Waals surface area contributed by atoms with Gasteiger partial charge in [-0.3, -0.25) is 4.79 Å². The zero-order valence-corrected chi connectivity index (χ0v) is 19.0. The number of nitrogens with one attached hydrogen (secondary N) is 1. The first kappa shape index (κ1) is 22.0. The van der Waals surface area contributed by atoms with Crippen molar-refractivity contribution in [2.24, 2.45) is 0 Å². The molecule has 156 valence electrons. The van der Waals surface area contributed by atoms with E-state index in [4.69, 9.17) is 4.74 Å². The monoisotopic (exact) mass is 480 g/mol. The number of amides is 1. The van der Waals surface area contributed by atoms with E-state index in [2.05, 4.69) is 21.2 Å². The molecule has 3 atom stereocenters. The van der Waals surface area contributed by atoms with Gasteiger partial charge in [0.05, 0.1) is 23.1 Å². The van der Waals surface area contributed by atoms with E-state index in [1.165, 1.54) is 16.4 Å². The number of carbonyl (C=O) groups excluding carboxylic acids is 1. The maximum atomic E-state index is 12.9. The minimum Gasteiger partial charge on any atom is -0.373 e. The van der Waals surface area contributed by atoms with Crippen LogP contribution in [0.2, 0.25) is 0 Å². The van der Waals surface area contributed by atoms with Crippen molar-refractivity contribution in [3.05, 3.63) is 64.1 Å². The first-order valence-corrected chi connectivity index (χ1v) is 11.7. The number of sulfonamides is 1. The molecule has 2 aromatic rings. The van der Waals surface area contributed by atoms with Crippen molar-refractivity contribution >= 4 is 31.9 Å². The molecule has 0 spiro atoms. The molecule has 0 radical (unpaired) electrons. The number of halogens is 1. The number of morpholine rings is 1. The second-order valence-electron chi connectivity index (χ2n) is 7.35. The lowest BCUT2D eigenvalue weighted by atomic mass is 10.1. The molecule has 1 heterocycles. The first-order chi connectivity index (χ1) is 13.7. The molecule has 8 heteroatoms. The number of ether oxygens (including phenoxy) is 1. The highest BCUT2D eigenvalue weighted by molar-refractivity contribution is 9.10. The number of hydrogen-bond donors (Lipinski definition) is 1. The summed E-state index contributed by atoms with van der Waals surface area (Å²) < 4.78 is 33.9. The molecule has 3 rings (SSSR count). The lowest BCUT2D eigenvalue weighted by molar-refractivity contribution is -0.0440. The molecular weight excluding hydrogens is 456 g/mol. The van der Waals surface area contributed by atoms with Crippen LogP contribution in [0.3, 0.4) is 0 Å². The maximum absolute atomic E-state index is 12.9. The summed E-state index contributed by atoms with van der Waals surface area (Å²) in [5, 5.41) is 2.93. The van der Waals surface area contributed by atoms with Crippen LogP contribution in [0.15, 0.2) is 57.9 Å². The molecule has 2 aromatic carbocycles. The van der Waals surface area contributed by atoms with Gasteiger partial charge in [-0.25, -0.2) is 8.42 Å². The highest BCUT2D eigenvalue weighted by atomic mass is 79.9. The molecule has 1 amide bonds. The fourth-order valence-electron chi connectivity index (χ4n) is 3.37. The van der Waals surface area contributed by atoms with Gasteiger partial charge in [0.1, 0.15) is 0 Å². The van der Waals surface area contributed by atoms with E-state index < -0.39 is 10.0 Å². The molecule has 1 saturated heterocycles. The zero-order chi connectivity index (χ0) is 21.2. The summed E-state index contributed by atoms with van der Waals surface area (Å²) in [4.78, 5) is 12.7. The van der Waals surface area contributed by atoms with Crippen molar-refractivity contribution < 1.29 is 17.9 Å². The molecule has 1 fully saturated rings. The second-order valence-corrected chi connectivity index (χ2v) is 10.2. The van der Waals surface area contributed by atoms with Gasteiger partial charge in [-0.1, -0.05) is 28.1 Å². The Morgan fingerprint density at radius 3 is 2.17 bits per heavy atom. The number of nitrogens with zero attached hydrogens (tertiary/aromatic N) is 1. The summed E-state index contributed by atoms with van der Waals surface area (Å²) in [6.45, 7) is 6.26. The Morgan fingerprint density at radius 1 is 1.07 bits per heavy atom. The summed E-state index contributed by atoms with van der Waals surface area (Å²) >= 11 is 3.39. The van der Waals surface area contributed by atoms with E-state index in [0.29, 0.717) is 18.7 Å². The van der Waals surface area contributed by atoms with Crippen LogP contribution in [0.1, 0.15) is 42.7 Å². The molecule has 6 nitrogen and oxygen atoms in total. The molecule has 0 bridgehead atoms. The van der Waals surface area contributed by atoms with Crippen molar-refractivity contribution in [2.45, 2.75) is 43.9 Å². The van der Waals surface area contributed by atoms with Crippen molar-refractivity contribution in [3.63, 3.8) is 0 Å². The van der Waals surface area contributed by atoms with Crippen LogP contribution in [-0.2, 0) is 14.8 Å². The van der Waals surface area contributed by atoms with Gasteiger partial charge in [0.2, 0.25) is 10.0 Å². The predicted molar refractivity (Wildman–Crippen MR) is 115 cm³/mol. The van der Waals surface area contributed by atoms with Gasteiger partial charge in [-0.15, -0.1) is 0 Å². The van der Waals surface area contributed by atoms with Gasteiger partial charge < -0.3 is 10.1 Å². The lowest BCUT2D eigenvalue weighted by Crippen LogP contribution is -2.48. The summed E-state index contributed by atoms with van der Waals surface area (Å²) in [6.07, 6.45) is -0.308. The largest absolute Gasteiger partial charge is 0.373 e. The predicted octanol–water partition coefficient (Wildman–Crippen LogP) is 3.74. The number of rotatable bonds is 5. The van der Waals surface area contributed by atoms with E-state index in [1.54, 1.807) is 12.1 Å². The second kappa shape index (κ2) is 8.95. The molecular formula is C21H25BrN2O4S. The topological polar surface area (TPSA) is 75.7 Å². The Balaban J connectivity index is 1.70. The zero-order valence-electron chi connectivity index (χ0n) is 16.6. The van der Waals surface area contributed by atoms with E-state index in [9.17, 15) is 13.2 Å². The van der Waals surface area contributed by atoms with Crippen molar-refractivity contribution in [1.82, 2.24) is 9.62 Å². The van der Waals surface area contributed by atoms with Crippen LogP contribution in [0, 0.1) is 0 Å². The van der Waals surface area contributed by atoms with Crippen LogP contribution < -0.4 is 5.32 Å². The smallest absolute Gasteiger partial charge is 0.251 e. The van der Waals surface area contributed by atoms with E-state index >= 15 is 0 Å². The van der Waals surface area contributed by atoms with Gasteiger partial charge in [-0.2, -0.15) is 4.31 Å². The number of benzene rings is 2. The van der Waals surface area contributed by atoms with Crippen LogP contribution >= 0.6 is 15.9 Å². The third-order valence-electron chi connectivity index (χ3n) is 4.86. The Morgan fingerprint density at radius 2 is 1.62 bits per heavy atom. The highest BCUT2D eigenvalue weighted by Gasteiger charge is 2.32. The van der Waals surface area contributed by atoms with Gasteiger partial charge in [0.25, 0.3) is 5.91 Å². The highest BCUT2D eigenvalue weighted by Crippen LogP contribution is 2.22. The van der Waals surface area contributed by atoms with Crippen LogP contribution in [-0.4, -0.2) is 43.9 Å².